The molecule has 2 aromatic heterocycles. The number of carbonyl (C=O) groups is 1. The predicted molar refractivity (Wildman–Crippen MR) is 83.4 cm³/mol. The standard InChI is InChI=1S/C16H16N4O3/c21-16(22)10-1-2-12-13(9-10)19-15(18-12)14-3-6-17-20(14)11-4-7-23-8-5-11/h1-3,6,9,11H,4-5,7-8H2,(H,18,19)(H,21,22). The van der Waals surface area contributed by atoms with Gasteiger partial charge in [-0.25, -0.2) is 9.78 Å². The molecule has 23 heavy (non-hydrogen) atoms. The van der Waals surface area contributed by atoms with Crippen LogP contribution in [0.4, 0.5) is 0 Å². The fourth-order valence-corrected chi connectivity index (χ4v) is 2.99. The van der Waals surface area contributed by atoms with Crippen molar-refractivity contribution in [3.05, 3.63) is 36.0 Å². The van der Waals surface area contributed by atoms with Gasteiger partial charge in [-0.05, 0) is 37.1 Å². The summed E-state index contributed by atoms with van der Waals surface area (Å²) in [6, 6.07) is 7.10. The summed E-state index contributed by atoms with van der Waals surface area (Å²) in [5.41, 5.74) is 2.60. The van der Waals surface area contributed by atoms with E-state index in [0.717, 1.165) is 37.3 Å². The number of hydrogen-bond donors (Lipinski definition) is 2. The Hall–Kier alpha value is -2.67. The summed E-state index contributed by atoms with van der Waals surface area (Å²) >= 11 is 0. The molecule has 0 unspecified atom stereocenters. The van der Waals surface area contributed by atoms with E-state index in [1.165, 1.54) is 0 Å². The number of ether oxygens (including phenoxy) is 1. The molecule has 1 aromatic carbocycles. The number of aromatic carboxylic acids is 1. The summed E-state index contributed by atoms with van der Waals surface area (Å²) in [6.07, 6.45) is 3.62. The van der Waals surface area contributed by atoms with E-state index in [2.05, 4.69) is 15.1 Å². The van der Waals surface area contributed by atoms with Gasteiger partial charge in [0.2, 0.25) is 0 Å². The van der Waals surface area contributed by atoms with Crippen molar-refractivity contribution in [1.82, 2.24) is 19.7 Å². The third-order valence-corrected chi connectivity index (χ3v) is 4.18. The van der Waals surface area contributed by atoms with Gasteiger partial charge in [-0.15, -0.1) is 0 Å². The highest BCUT2D eigenvalue weighted by atomic mass is 16.5. The minimum absolute atomic E-state index is 0.241. The first-order valence-corrected chi connectivity index (χ1v) is 7.57. The van der Waals surface area contributed by atoms with Crippen LogP contribution in [0.15, 0.2) is 30.5 Å². The Kier molecular flexibility index (Phi) is 3.34. The normalized spacial score (nSPS) is 16.0. The van der Waals surface area contributed by atoms with E-state index in [-0.39, 0.29) is 5.56 Å². The molecule has 7 heteroatoms. The summed E-state index contributed by atoms with van der Waals surface area (Å²) < 4.78 is 7.39. The fourth-order valence-electron chi connectivity index (χ4n) is 2.99. The van der Waals surface area contributed by atoms with Crippen molar-refractivity contribution in [2.75, 3.05) is 13.2 Å². The zero-order chi connectivity index (χ0) is 15.8. The molecule has 0 atom stereocenters. The second kappa shape index (κ2) is 5.51. The predicted octanol–water partition coefficient (Wildman–Crippen LogP) is 2.48. The third kappa shape index (κ3) is 2.49. The molecule has 1 aliphatic heterocycles. The van der Waals surface area contributed by atoms with Crippen molar-refractivity contribution in [3.8, 4) is 11.5 Å². The lowest BCUT2D eigenvalue weighted by Crippen LogP contribution is -2.21. The molecular weight excluding hydrogens is 296 g/mol. The molecule has 7 nitrogen and oxygen atoms in total. The SMILES string of the molecule is O=C(O)c1ccc2nc(-c3ccnn3C3CCOCC3)[nH]c2c1. The Labute approximate surface area is 131 Å². The highest BCUT2D eigenvalue weighted by molar-refractivity contribution is 5.92. The van der Waals surface area contributed by atoms with Gasteiger partial charge in [-0.3, -0.25) is 4.68 Å². The van der Waals surface area contributed by atoms with Crippen LogP contribution in [0.1, 0.15) is 29.2 Å². The van der Waals surface area contributed by atoms with E-state index in [0.29, 0.717) is 17.4 Å². The van der Waals surface area contributed by atoms with Crippen LogP contribution in [0.2, 0.25) is 0 Å². The minimum Gasteiger partial charge on any atom is -0.478 e. The van der Waals surface area contributed by atoms with E-state index >= 15 is 0 Å². The minimum atomic E-state index is -0.949. The van der Waals surface area contributed by atoms with Crippen LogP contribution in [0.25, 0.3) is 22.6 Å². The molecule has 1 saturated heterocycles. The number of nitrogens with one attached hydrogen (secondary N) is 1. The molecule has 3 heterocycles. The summed E-state index contributed by atoms with van der Waals surface area (Å²) in [4.78, 5) is 18.9. The van der Waals surface area contributed by atoms with Crippen LogP contribution in [0.3, 0.4) is 0 Å². The van der Waals surface area contributed by atoms with Gasteiger partial charge in [-0.1, -0.05) is 0 Å². The molecule has 0 spiro atoms. The van der Waals surface area contributed by atoms with Gasteiger partial charge in [0.15, 0.2) is 5.82 Å². The Morgan fingerprint density at radius 1 is 1.30 bits per heavy atom. The highest BCUT2D eigenvalue weighted by Gasteiger charge is 2.21. The van der Waals surface area contributed by atoms with Crippen LogP contribution < -0.4 is 0 Å². The van der Waals surface area contributed by atoms with Gasteiger partial charge in [0.05, 0.1) is 22.6 Å². The van der Waals surface area contributed by atoms with E-state index in [4.69, 9.17) is 9.84 Å². The monoisotopic (exact) mass is 312 g/mol. The maximum Gasteiger partial charge on any atom is 0.335 e. The Balaban J connectivity index is 1.74. The number of aromatic nitrogens is 4. The number of hydrogen-bond acceptors (Lipinski definition) is 4. The van der Waals surface area contributed by atoms with Crippen molar-refractivity contribution in [2.24, 2.45) is 0 Å². The molecule has 4 rings (SSSR count). The first-order valence-electron chi connectivity index (χ1n) is 7.57. The summed E-state index contributed by atoms with van der Waals surface area (Å²) in [6.45, 7) is 1.48. The molecule has 3 aromatic rings. The number of rotatable bonds is 3. The second-order valence-electron chi connectivity index (χ2n) is 5.63. The lowest BCUT2D eigenvalue weighted by Gasteiger charge is -2.23. The number of nitrogens with zero attached hydrogens (tertiary/aromatic N) is 3. The average molecular weight is 312 g/mol. The number of benzene rings is 1. The van der Waals surface area contributed by atoms with Gasteiger partial charge in [0.25, 0.3) is 0 Å². The molecule has 118 valence electrons. The van der Waals surface area contributed by atoms with Crippen molar-refractivity contribution in [3.63, 3.8) is 0 Å². The van der Waals surface area contributed by atoms with E-state index in [1.807, 2.05) is 10.7 Å². The fraction of sp³-hybridized carbons (Fsp3) is 0.312. The van der Waals surface area contributed by atoms with Crippen LogP contribution in [-0.4, -0.2) is 44.0 Å². The first kappa shape index (κ1) is 14.0. The zero-order valence-corrected chi connectivity index (χ0v) is 12.4. The molecule has 1 aliphatic rings. The number of aromatic amines is 1. The third-order valence-electron chi connectivity index (χ3n) is 4.18. The molecule has 0 radical (unpaired) electrons. The van der Waals surface area contributed by atoms with Crippen LogP contribution >= 0.6 is 0 Å². The van der Waals surface area contributed by atoms with Crippen LogP contribution in [0.5, 0.6) is 0 Å². The molecule has 2 N–H and O–H groups in total. The molecule has 1 fully saturated rings. The first-order chi connectivity index (χ1) is 11.2. The molecular formula is C16H16N4O3. The number of H-pyrrole nitrogens is 1. The molecule has 0 saturated carbocycles. The average Bonchev–Trinajstić information content (AvgIpc) is 3.21. The maximum absolute atomic E-state index is 11.1. The maximum atomic E-state index is 11.1. The van der Waals surface area contributed by atoms with Crippen molar-refractivity contribution in [1.29, 1.82) is 0 Å². The Bertz CT molecular complexity index is 861. The summed E-state index contributed by atoms with van der Waals surface area (Å²) in [7, 11) is 0. The molecule has 0 aliphatic carbocycles. The summed E-state index contributed by atoms with van der Waals surface area (Å²) in [5.74, 6) is -0.248. The topological polar surface area (TPSA) is 93.0 Å². The highest BCUT2D eigenvalue weighted by Crippen LogP contribution is 2.27. The van der Waals surface area contributed by atoms with E-state index in [1.54, 1.807) is 24.4 Å². The molecule has 0 bridgehead atoms. The number of carboxylic acids is 1. The quantitative estimate of drug-likeness (QED) is 0.775. The van der Waals surface area contributed by atoms with Gasteiger partial charge < -0.3 is 14.8 Å². The largest absolute Gasteiger partial charge is 0.478 e. The number of carboxylic acid groups (broad SMARTS) is 1. The van der Waals surface area contributed by atoms with Crippen molar-refractivity contribution in [2.45, 2.75) is 18.9 Å². The van der Waals surface area contributed by atoms with E-state index < -0.39 is 5.97 Å². The zero-order valence-electron chi connectivity index (χ0n) is 12.4. The van der Waals surface area contributed by atoms with Crippen molar-refractivity contribution >= 4 is 17.0 Å². The van der Waals surface area contributed by atoms with Gasteiger partial charge >= 0.3 is 5.97 Å². The Morgan fingerprint density at radius 2 is 2.13 bits per heavy atom. The second-order valence-corrected chi connectivity index (χ2v) is 5.63. The summed E-state index contributed by atoms with van der Waals surface area (Å²) in [5, 5.41) is 13.5. The van der Waals surface area contributed by atoms with Crippen molar-refractivity contribution < 1.29 is 14.6 Å². The van der Waals surface area contributed by atoms with E-state index in [9.17, 15) is 4.79 Å². The van der Waals surface area contributed by atoms with Crippen LogP contribution in [-0.2, 0) is 4.74 Å². The molecule has 0 amide bonds. The van der Waals surface area contributed by atoms with Gasteiger partial charge in [0.1, 0.15) is 5.69 Å². The van der Waals surface area contributed by atoms with Gasteiger partial charge in [-0.2, -0.15) is 5.10 Å². The lowest BCUT2D eigenvalue weighted by atomic mass is 10.1. The number of fused-ring (bicyclic) bond motifs is 1. The lowest BCUT2D eigenvalue weighted by molar-refractivity contribution is 0.0666. The Morgan fingerprint density at radius 3 is 2.91 bits per heavy atom. The van der Waals surface area contributed by atoms with Crippen LogP contribution in [0, 0.1) is 0 Å². The smallest absolute Gasteiger partial charge is 0.335 e. The number of imidazole rings is 1. The van der Waals surface area contributed by atoms with Gasteiger partial charge in [0, 0.05) is 19.4 Å².